The van der Waals surface area contributed by atoms with Crippen molar-refractivity contribution < 1.29 is 14.3 Å². The summed E-state index contributed by atoms with van der Waals surface area (Å²) in [6.07, 6.45) is 3.03. The van der Waals surface area contributed by atoms with E-state index in [-0.39, 0.29) is 5.56 Å². The molecule has 0 radical (unpaired) electrons. The summed E-state index contributed by atoms with van der Waals surface area (Å²) in [6, 6.07) is 10.7. The maximum absolute atomic E-state index is 13.0. The highest BCUT2D eigenvalue weighted by molar-refractivity contribution is 5.95. The minimum atomic E-state index is -1.17. The number of halogens is 1. The third-order valence-electron chi connectivity index (χ3n) is 4.86. The quantitative estimate of drug-likeness (QED) is 0.651. The summed E-state index contributed by atoms with van der Waals surface area (Å²) < 4.78 is 14.0. The summed E-state index contributed by atoms with van der Waals surface area (Å²) in [5, 5.41) is 17.2. The second-order valence-electron chi connectivity index (χ2n) is 7.55. The Bertz CT molecular complexity index is 1090. The Morgan fingerprint density at radius 2 is 1.97 bits per heavy atom. The molecule has 1 amide bonds. The fraction of sp³-hybridized carbons (Fsp3) is 0.273. The number of carbonyl (C=O) groups excluding carboxylic acids is 1. The van der Waals surface area contributed by atoms with Gasteiger partial charge in [-0.25, -0.2) is 4.39 Å². The molecule has 30 heavy (non-hydrogen) atoms. The molecule has 1 atom stereocenters. The van der Waals surface area contributed by atoms with Crippen molar-refractivity contribution in [2.45, 2.75) is 39.1 Å². The number of nitrogens with one attached hydrogen (secondary N) is 1. The van der Waals surface area contributed by atoms with Crippen molar-refractivity contribution in [1.29, 1.82) is 0 Å². The second kappa shape index (κ2) is 8.54. The Labute approximate surface area is 173 Å². The molecule has 0 saturated heterocycles. The lowest BCUT2D eigenvalue weighted by molar-refractivity contribution is 0.0408. The summed E-state index contributed by atoms with van der Waals surface area (Å²) in [5.74, 6) is -0.628. The first kappa shape index (κ1) is 21.3. The van der Waals surface area contributed by atoms with E-state index in [9.17, 15) is 19.1 Å². The van der Waals surface area contributed by atoms with Gasteiger partial charge in [-0.15, -0.1) is 0 Å². The van der Waals surface area contributed by atoms with Crippen LogP contribution in [0.4, 0.5) is 4.39 Å². The molecule has 0 aliphatic carbocycles. The number of rotatable bonds is 6. The van der Waals surface area contributed by atoms with E-state index in [0.717, 1.165) is 4.68 Å². The number of aliphatic hydroxyl groups is 1. The van der Waals surface area contributed by atoms with Gasteiger partial charge in [-0.1, -0.05) is 24.3 Å². The molecule has 2 N–H and O–H groups in total. The lowest BCUT2D eigenvalue weighted by Gasteiger charge is -2.26. The van der Waals surface area contributed by atoms with E-state index in [4.69, 9.17) is 0 Å². The SMILES string of the molecule is CC(NC(=O)c1cc(-c2ccc(CF)cc2)nn(-c2cccnc2)c1=O)C(C)(C)O. The van der Waals surface area contributed by atoms with Gasteiger partial charge in [0.15, 0.2) is 0 Å². The Kier molecular flexibility index (Phi) is 6.07. The van der Waals surface area contributed by atoms with Gasteiger partial charge in [0.25, 0.3) is 11.5 Å². The zero-order valence-corrected chi connectivity index (χ0v) is 17.0. The van der Waals surface area contributed by atoms with Gasteiger partial charge in [-0.3, -0.25) is 14.6 Å². The Morgan fingerprint density at radius 3 is 2.53 bits per heavy atom. The van der Waals surface area contributed by atoms with Crippen molar-refractivity contribution in [1.82, 2.24) is 20.1 Å². The molecule has 2 heterocycles. The van der Waals surface area contributed by atoms with Crippen molar-refractivity contribution in [2.24, 2.45) is 0 Å². The van der Waals surface area contributed by atoms with Gasteiger partial charge in [-0.2, -0.15) is 9.78 Å². The highest BCUT2D eigenvalue weighted by Crippen LogP contribution is 2.19. The first-order valence-corrected chi connectivity index (χ1v) is 9.44. The summed E-state index contributed by atoms with van der Waals surface area (Å²) >= 11 is 0. The molecule has 8 heteroatoms. The first-order valence-electron chi connectivity index (χ1n) is 9.44. The molecular formula is C22H23FN4O3. The molecular weight excluding hydrogens is 387 g/mol. The summed E-state index contributed by atoms with van der Waals surface area (Å²) in [4.78, 5) is 29.9. The fourth-order valence-corrected chi connectivity index (χ4v) is 2.67. The van der Waals surface area contributed by atoms with Gasteiger partial charge < -0.3 is 10.4 Å². The Morgan fingerprint density at radius 1 is 1.27 bits per heavy atom. The Hall–Kier alpha value is -3.39. The van der Waals surface area contributed by atoms with Crippen LogP contribution in [-0.4, -0.2) is 37.4 Å². The Balaban J connectivity index is 2.13. The van der Waals surface area contributed by atoms with Crippen molar-refractivity contribution in [3.63, 3.8) is 0 Å². The molecule has 1 unspecified atom stereocenters. The van der Waals surface area contributed by atoms with Crippen LogP contribution in [0.1, 0.15) is 36.7 Å². The highest BCUT2D eigenvalue weighted by atomic mass is 19.1. The number of hydrogen-bond donors (Lipinski definition) is 2. The minimum absolute atomic E-state index is 0.130. The molecule has 156 valence electrons. The van der Waals surface area contributed by atoms with Gasteiger partial charge in [0.05, 0.1) is 29.2 Å². The van der Waals surface area contributed by atoms with Gasteiger partial charge in [-0.05, 0) is 44.5 Å². The monoisotopic (exact) mass is 410 g/mol. The number of carbonyl (C=O) groups is 1. The molecule has 0 spiro atoms. The second-order valence-corrected chi connectivity index (χ2v) is 7.55. The van der Waals surface area contributed by atoms with Crippen LogP contribution in [0.15, 0.2) is 59.7 Å². The summed E-state index contributed by atoms with van der Waals surface area (Å²) in [7, 11) is 0. The van der Waals surface area contributed by atoms with Crippen molar-refractivity contribution in [3.8, 4) is 16.9 Å². The largest absolute Gasteiger partial charge is 0.388 e. The van der Waals surface area contributed by atoms with Crippen molar-refractivity contribution in [2.75, 3.05) is 0 Å². The predicted molar refractivity (Wildman–Crippen MR) is 111 cm³/mol. The normalized spacial score (nSPS) is 12.4. The number of hydrogen-bond acceptors (Lipinski definition) is 5. The zero-order valence-electron chi connectivity index (χ0n) is 17.0. The number of alkyl halides is 1. The van der Waals surface area contributed by atoms with Gasteiger partial charge in [0.2, 0.25) is 0 Å². The summed E-state index contributed by atoms with van der Waals surface area (Å²) in [5.41, 5.74) is -0.0251. The molecule has 3 aromatic rings. The summed E-state index contributed by atoms with van der Waals surface area (Å²) in [6.45, 7) is 4.19. The van der Waals surface area contributed by atoms with E-state index in [0.29, 0.717) is 22.5 Å². The molecule has 0 fully saturated rings. The van der Waals surface area contributed by atoms with Crippen LogP contribution in [0.25, 0.3) is 16.9 Å². The standard InChI is InChI=1S/C22H23FN4O3/c1-14(22(2,3)30)25-20(28)18-11-19(16-8-6-15(12-23)7-9-16)26-27(21(18)29)17-5-4-10-24-13-17/h4-11,13-14,30H,12H2,1-3H3,(H,25,28). The number of nitrogens with zero attached hydrogens (tertiary/aromatic N) is 3. The third-order valence-corrected chi connectivity index (χ3v) is 4.86. The molecule has 0 aliphatic rings. The van der Waals surface area contributed by atoms with Crippen LogP contribution >= 0.6 is 0 Å². The van der Waals surface area contributed by atoms with Crippen molar-refractivity contribution in [3.05, 3.63) is 76.3 Å². The van der Waals surface area contributed by atoms with Gasteiger partial charge in [0, 0.05) is 11.8 Å². The predicted octanol–water partition coefficient (Wildman–Crippen LogP) is 2.65. The van der Waals surface area contributed by atoms with E-state index in [1.54, 1.807) is 63.4 Å². The average Bonchev–Trinajstić information content (AvgIpc) is 2.74. The smallest absolute Gasteiger partial charge is 0.284 e. The molecule has 0 bridgehead atoms. The molecule has 7 nitrogen and oxygen atoms in total. The molecule has 2 aromatic heterocycles. The first-order chi connectivity index (χ1) is 14.2. The topological polar surface area (TPSA) is 97.1 Å². The number of pyridine rings is 1. The van der Waals surface area contributed by atoms with E-state index in [2.05, 4.69) is 15.4 Å². The van der Waals surface area contributed by atoms with Crippen LogP contribution in [0.5, 0.6) is 0 Å². The lowest BCUT2D eigenvalue weighted by Crippen LogP contribution is -2.48. The molecule has 0 saturated carbocycles. The third kappa shape index (κ3) is 4.60. The lowest BCUT2D eigenvalue weighted by atomic mass is 10.0. The fourth-order valence-electron chi connectivity index (χ4n) is 2.67. The molecule has 0 aliphatic heterocycles. The van der Waals surface area contributed by atoms with E-state index >= 15 is 0 Å². The molecule has 3 rings (SSSR count). The number of benzene rings is 1. The highest BCUT2D eigenvalue weighted by Gasteiger charge is 2.26. The van der Waals surface area contributed by atoms with Crippen LogP contribution in [0, 0.1) is 0 Å². The number of aromatic nitrogens is 3. The van der Waals surface area contributed by atoms with Crippen LogP contribution in [0.3, 0.4) is 0 Å². The zero-order chi connectivity index (χ0) is 21.9. The van der Waals surface area contributed by atoms with Crippen molar-refractivity contribution >= 4 is 5.91 Å². The maximum atomic E-state index is 13.0. The van der Waals surface area contributed by atoms with E-state index < -0.39 is 29.8 Å². The molecule has 1 aromatic carbocycles. The van der Waals surface area contributed by atoms with Crippen LogP contribution in [0.2, 0.25) is 0 Å². The minimum Gasteiger partial charge on any atom is -0.388 e. The van der Waals surface area contributed by atoms with Crippen LogP contribution < -0.4 is 10.9 Å². The van der Waals surface area contributed by atoms with Crippen LogP contribution in [-0.2, 0) is 6.67 Å². The van der Waals surface area contributed by atoms with Gasteiger partial charge in [0.1, 0.15) is 12.2 Å². The van der Waals surface area contributed by atoms with E-state index in [1.807, 2.05) is 0 Å². The van der Waals surface area contributed by atoms with E-state index in [1.165, 1.54) is 12.3 Å². The average molecular weight is 410 g/mol. The maximum Gasteiger partial charge on any atom is 0.284 e. The van der Waals surface area contributed by atoms with Gasteiger partial charge >= 0.3 is 0 Å². The number of amides is 1.